The first-order valence-corrected chi connectivity index (χ1v) is 11.8. The van der Waals surface area contributed by atoms with Crippen molar-refractivity contribution in [3.8, 4) is 28.7 Å². The first kappa shape index (κ1) is 23.5. The quantitative estimate of drug-likeness (QED) is 0.508. The van der Waals surface area contributed by atoms with Gasteiger partial charge in [-0.3, -0.25) is 10.1 Å². The molecular formula is C22H24N4O7S. The minimum Gasteiger partial charge on any atom is -0.497 e. The summed E-state index contributed by atoms with van der Waals surface area (Å²) in [5.74, 6) is 1.16. The molecule has 1 atom stereocenters. The van der Waals surface area contributed by atoms with Crippen molar-refractivity contribution >= 4 is 21.9 Å². The molecule has 4 rings (SSSR count). The van der Waals surface area contributed by atoms with Gasteiger partial charge in [-0.25, -0.2) is 8.42 Å². The lowest BCUT2D eigenvalue weighted by atomic mass is 10.2. The highest BCUT2D eigenvalue weighted by Gasteiger charge is 2.40. The van der Waals surface area contributed by atoms with Crippen molar-refractivity contribution < 1.29 is 31.8 Å². The number of methoxy groups -OCH3 is 3. The van der Waals surface area contributed by atoms with Gasteiger partial charge < -0.3 is 18.6 Å². The smallest absolute Gasteiger partial charge is 0.322 e. The maximum absolute atomic E-state index is 13.1. The van der Waals surface area contributed by atoms with E-state index in [1.54, 1.807) is 30.3 Å². The van der Waals surface area contributed by atoms with Crippen molar-refractivity contribution in [2.75, 3.05) is 33.2 Å². The summed E-state index contributed by atoms with van der Waals surface area (Å²) >= 11 is 0. The Balaban J connectivity index is 1.51. The van der Waals surface area contributed by atoms with Gasteiger partial charge in [-0.2, -0.15) is 4.31 Å². The van der Waals surface area contributed by atoms with Crippen LogP contribution in [-0.2, 0) is 14.8 Å². The van der Waals surface area contributed by atoms with Gasteiger partial charge in [0, 0.05) is 12.6 Å². The number of anilines is 1. The summed E-state index contributed by atoms with van der Waals surface area (Å²) in [6.45, 7) is 0.227. The molecule has 1 fully saturated rings. The van der Waals surface area contributed by atoms with Crippen LogP contribution in [0.1, 0.15) is 12.8 Å². The van der Waals surface area contributed by atoms with Gasteiger partial charge in [0.2, 0.25) is 15.9 Å². The van der Waals surface area contributed by atoms with Crippen molar-refractivity contribution in [1.29, 1.82) is 0 Å². The van der Waals surface area contributed by atoms with E-state index in [1.807, 2.05) is 0 Å². The highest BCUT2D eigenvalue weighted by atomic mass is 32.2. The molecule has 34 heavy (non-hydrogen) atoms. The molecule has 0 radical (unpaired) electrons. The number of hydrogen-bond acceptors (Lipinski definition) is 9. The van der Waals surface area contributed by atoms with E-state index in [4.69, 9.17) is 18.6 Å². The predicted octanol–water partition coefficient (Wildman–Crippen LogP) is 2.55. The molecule has 1 unspecified atom stereocenters. The lowest BCUT2D eigenvalue weighted by Gasteiger charge is -2.22. The molecule has 1 amide bonds. The van der Waals surface area contributed by atoms with Gasteiger partial charge in [-0.1, -0.05) is 5.10 Å². The number of amides is 1. The van der Waals surface area contributed by atoms with E-state index in [2.05, 4.69) is 15.5 Å². The Hall–Kier alpha value is -3.64. The molecule has 1 aliphatic rings. The van der Waals surface area contributed by atoms with Crippen LogP contribution in [0.2, 0.25) is 0 Å². The Kier molecular flexibility index (Phi) is 6.70. The normalized spacial score (nSPS) is 16.3. The Morgan fingerprint density at radius 3 is 2.41 bits per heavy atom. The van der Waals surface area contributed by atoms with Gasteiger partial charge in [-0.15, -0.1) is 5.10 Å². The van der Waals surface area contributed by atoms with Crippen LogP contribution in [0.5, 0.6) is 17.2 Å². The third kappa shape index (κ3) is 4.54. The Labute approximate surface area is 196 Å². The summed E-state index contributed by atoms with van der Waals surface area (Å²) in [5.41, 5.74) is 0.515. The number of sulfonamides is 1. The first-order chi connectivity index (χ1) is 16.4. The van der Waals surface area contributed by atoms with Crippen molar-refractivity contribution in [3.05, 3.63) is 42.5 Å². The second kappa shape index (κ2) is 9.69. The molecule has 1 aliphatic heterocycles. The number of nitrogens with one attached hydrogen (secondary N) is 1. The van der Waals surface area contributed by atoms with Gasteiger partial charge in [0.1, 0.15) is 23.3 Å². The van der Waals surface area contributed by atoms with Crippen LogP contribution < -0.4 is 19.5 Å². The molecule has 1 saturated heterocycles. The van der Waals surface area contributed by atoms with E-state index in [0.29, 0.717) is 35.7 Å². The lowest BCUT2D eigenvalue weighted by Crippen LogP contribution is -2.43. The average Bonchev–Trinajstić information content (AvgIpc) is 3.54. The molecule has 0 saturated carbocycles. The van der Waals surface area contributed by atoms with Crippen molar-refractivity contribution in [2.45, 2.75) is 23.8 Å². The second-order valence-electron chi connectivity index (χ2n) is 7.42. The fourth-order valence-electron chi connectivity index (χ4n) is 3.72. The summed E-state index contributed by atoms with van der Waals surface area (Å²) in [7, 11) is 0.649. The van der Waals surface area contributed by atoms with Crippen molar-refractivity contribution in [2.24, 2.45) is 0 Å². The minimum atomic E-state index is -3.88. The molecule has 2 aromatic carbocycles. The van der Waals surface area contributed by atoms with Crippen LogP contribution in [-0.4, -0.2) is 62.7 Å². The van der Waals surface area contributed by atoms with Crippen LogP contribution in [0.4, 0.5) is 6.01 Å². The van der Waals surface area contributed by atoms with Gasteiger partial charge >= 0.3 is 6.01 Å². The number of benzene rings is 2. The van der Waals surface area contributed by atoms with Crippen molar-refractivity contribution in [3.63, 3.8) is 0 Å². The highest BCUT2D eigenvalue weighted by molar-refractivity contribution is 7.89. The van der Waals surface area contributed by atoms with E-state index in [1.165, 1.54) is 37.8 Å². The molecule has 0 bridgehead atoms. The monoisotopic (exact) mass is 488 g/mol. The van der Waals surface area contributed by atoms with Gasteiger partial charge in [0.25, 0.3) is 5.89 Å². The average molecular weight is 489 g/mol. The molecule has 180 valence electrons. The molecule has 3 aromatic rings. The SMILES string of the molecule is COc1ccc(S(=O)(=O)N2CCCC2C(=O)Nc2nnc(-c3ccc(OC)cc3OC)o2)cc1. The fraction of sp³-hybridized carbons (Fsp3) is 0.318. The number of rotatable bonds is 8. The molecule has 2 heterocycles. The molecule has 0 spiro atoms. The molecule has 0 aliphatic carbocycles. The maximum Gasteiger partial charge on any atom is 0.322 e. The number of carbonyl (C=O) groups is 1. The second-order valence-corrected chi connectivity index (χ2v) is 9.31. The third-order valence-electron chi connectivity index (χ3n) is 5.47. The van der Waals surface area contributed by atoms with E-state index in [9.17, 15) is 13.2 Å². The van der Waals surface area contributed by atoms with E-state index in [-0.39, 0.29) is 23.3 Å². The maximum atomic E-state index is 13.1. The van der Waals surface area contributed by atoms with Crippen LogP contribution in [0, 0.1) is 0 Å². The highest BCUT2D eigenvalue weighted by Crippen LogP contribution is 2.33. The summed E-state index contributed by atoms with van der Waals surface area (Å²) in [6.07, 6.45) is 0.917. The lowest BCUT2D eigenvalue weighted by molar-refractivity contribution is -0.119. The number of hydrogen-bond donors (Lipinski definition) is 1. The van der Waals surface area contributed by atoms with Gasteiger partial charge in [0.05, 0.1) is 31.8 Å². The Morgan fingerprint density at radius 1 is 1.03 bits per heavy atom. The zero-order chi connectivity index (χ0) is 24.3. The summed E-state index contributed by atoms with van der Waals surface area (Å²) < 4.78 is 48.7. The minimum absolute atomic E-state index is 0.0830. The third-order valence-corrected chi connectivity index (χ3v) is 7.39. The molecule has 12 heteroatoms. The van der Waals surface area contributed by atoms with E-state index >= 15 is 0 Å². The number of aromatic nitrogens is 2. The number of nitrogens with zero attached hydrogens (tertiary/aromatic N) is 3. The van der Waals surface area contributed by atoms with Crippen LogP contribution in [0.25, 0.3) is 11.5 Å². The van der Waals surface area contributed by atoms with E-state index in [0.717, 1.165) is 0 Å². The number of carbonyl (C=O) groups excluding carboxylic acids is 1. The largest absolute Gasteiger partial charge is 0.497 e. The van der Waals surface area contributed by atoms with Gasteiger partial charge in [-0.05, 0) is 49.2 Å². The Morgan fingerprint density at radius 2 is 1.74 bits per heavy atom. The molecule has 1 aromatic heterocycles. The zero-order valence-corrected chi connectivity index (χ0v) is 19.7. The predicted molar refractivity (Wildman–Crippen MR) is 121 cm³/mol. The summed E-state index contributed by atoms with van der Waals surface area (Å²) in [6, 6.07) is 10.0. The molecular weight excluding hydrogens is 464 g/mol. The topological polar surface area (TPSA) is 133 Å². The fourth-order valence-corrected chi connectivity index (χ4v) is 5.38. The van der Waals surface area contributed by atoms with Crippen molar-refractivity contribution in [1.82, 2.24) is 14.5 Å². The first-order valence-electron chi connectivity index (χ1n) is 10.4. The van der Waals surface area contributed by atoms with Crippen LogP contribution in [0.15, 0.2) is 51.8 Å². The van der Waals surface area contributed by atoms with E-state index < -0.39 is 22.0 Å². The standard InChI is InChI=1S/C22H24N4O7S/c1-30-14-6-9-16(10-7-14)34(28,29)26-12-4-5-18(26)20(27)23-22-25-24-21(33-22)17-11-8-15(31-2)13-19(17)32-3/h6-11,13,18H,4-5,12H2,1-3H3,(H,23,25,27). The summed E-state index contributed by atoms with van der Waals surface area (Å²) in [5, 5.41) is 10.4. The Bertz CT molecular complexity index is 1270. The molecule has 11 nitrogen and oxygen atoms in total. The van der Waals surface area contributed by atoms with Gasteiger partial charge in [0.15, 0.2) is 0 Å². The van der Waals surface area contributed by atoms with Crippen LogP contribution in [0.3, 0.4) is 0 Å². The zero-order valence-electron chi connectivity index (χ0n) is 18.8. The van der Waals surface area contributed by atoms with Crippen LogP contribution >= 0.6 is 0 Å². The number of ether oxygens (including phenoxy) is 3. The molecule has 1 N–H and O–H groups in total. The summed E-state index contributed by atoms with van der Waals surface area (Å²) in [4.78, 5) is 13.0.